The van der Waals surface area contributed by atoms with Gasteiger partial charge in [0.1, 0.15) is 23.9 Å². The number of likely N-dealkylation sites (N-methyl/N-ethyl adjacent to an activating group) is 1. The minimum absolute atomic E-state index is 0.105. The molecule has 3 heterocycles. The lowest BCUT2D eigenvalue weighted by Gasteiger charge is -2.33. The lowest BCUT2D eigenvalue weighted by atomic mass is 9.96. The predicted molar refractivity (Wildman–Crippen MR) is 143 cm³/mol. The maximum Gasteiger partial charge on any atom is 0.247 e. The second kappa shape index (κ2) is 12.1. The third-order valence-electron chi connectivity index (χ3n) is 6.96. The van der Waals surface area contributed by atoms with Gasteiger partial charge in [-0.1, -0.05) is 56.3 Å². The number of nitrogens with one attached hydrogen (secondary N) is 3. The summed E-state index contributed by atoms with van der Waals surface area (Å²) in [7, 11) is 1.91. The fraction of sp³-hybridized carbons (Fsp3) is 0.414. The van der Waals surface area contributed by atoms with E-state index in [0.29, 0.717) is 12.2 Å². The van der Waals surface area contributed by atoms with E-state index in [2.05, 4.69) is 16.0 Å². The van der Waals surface area contributed by atoms with E-state index in [0.717, 1.165) is 30.5 Å². The number of carbonyl (C=O) groups excluding carboxylic acids is 3. The van der Waals surface area contributed by atoms with Crippen molar-refractivity contribution in [1.29, 1.82) is 0 Å². The number of rotatable bonds is 5. The standard InChI is InChI=1S/C29H36N4O4/c1-19(2)26-25(32-28(35)24-10-7-17-33(24)3)29(36)31-23(18-21-8-5-4-6-9-21)27(34)30-16-15-20-11-13-22(37-26)14-12-20/h4-6,8-9,11-16,19,23-26H,7,10,17-18H2,1-3H3,(H,30,34)(H,31,36)(H,32,35)/t23-,24-,25-,26-/m1/s1. The highest BCUT2D eigenvalue weighted by atomic mass is 16.5. The monoisotopic (exact) mass is 504 g/mol. The highest BCUT2D eigenvalue weighted by Gasteiger charge is 2.38. The molecule has 3 aliphatic rings. The quantitative estimate of drug-likeness (QED) is 0.581. The Balaban J connectivity index is 1.68. The zero-order valence-corrected chi connectivity index (χ0v) is 21.6. The van der Waals surface area contributed by atoms with E-state index in [9.17, 15) is 14.4 Å². The minimum Gasteiger partial charge on any atom is -0.487 e. The molecular formula is C29H36N4O4. The molecule has 8 nitrogen and oxygen atoms in total. The molecule has 196 valence electrons. The molecule has 37 heavy (non-hydrogen) atoms. The van der Waals surface area contributed by atoms with Crippen molar-refractivity contribution in [2.45, 2.75) is 57.3 Å². The molecule has 0 saturated carbocycles. The van der Waals surface area contributed by atoms with Crippen molar-refractivity contribution in [3.8, 4) is 5.75 Å². The summed E-state index contributed by atoms with van der Waals surface area (Å²) in [6.45, 7) is 4.73. The molecule has 4 atom stereocenters. The number of carbonyl (C=O) groups is 3. The zero-order chi connectivity index (χ0) is 26.4. The molecule has 2 aromatic carbocycles. The molecular weight excluding hydrogens is 468 g/mol. The van der Waals surface area contributed by atoms with Gasteiger partial charge in [-0.3, -0.25) is 19.3 Å². The van der Waals surface area contributed by atoms with E-state index in [1.807, 2.05) is 80.4 Å². The van der Waals surface area contributed by atoms with Gasteiger partial charge in [-0.25, -0.2) is 0 Å². The second-order valence-corrected chi connectivity index (χ2v) is 10.1. The van der Waals surface area contributed by atoms with Crippen molar-refractivity contribution in [3.63, 3.8) is 0 Å². The van der Waals surface area contributed by atoms with Crippen molar-refractivity contribution in [3.05, 3.63) is 71.9 Å². The van der Waals surface area contributed by atoms with Crippen molar-refractivity contribution < 1.29 is 19.1 Å². The van der Waals surface area contributed by atoms with Crippen LogP contribution >= 0.6 is 0 Å². The first-order chi connectivity index (χ1) is 17.8. The Kier molecular flexibility index (Phi) is 8.61. The van der Waals surface area contributed by atoms with Crippen LogP contribution in [0, 0.1) is 5.92 Å². The summed E-state index contributed by atoms with van der Waals surface area (Å²) >= 11 is 0. The molecule has 0 radical (unpaired) electrons. The van der Waals surface area contributed by atoms with Crippen LogP contribution in [-0.4, -0.2) is 60.4 Å². The van der Waals surface area contributed by atoms with Gasteiger partial charge in [0.05, 0.1) is 6.04 Å². The normalized spacial score (nSPS) is 24.8. The first-order valence-electron chi connectivity index (χ1n) is 12.9. The van der Waals surface area contributed by atoms with E-state index in [-0.39, 0.29) is 23.8 Å². The van der Waals surface area contributed by atoms with Gasteiger partial charge in [0, 0.05) is 12.6 Å². The number of ether oxygens (including phenoxy) is 1. The van der Waals surface area contributed by atoms with Gasteiger partial charge in [0.2, 0.25) is 17.7 Å². The first-order valence-corrected chi connectivity index (χ1v) is 12.9. The number of hydrogen-bond acceptors (Lipinski definition) is 5. The minimum atomic E-state index is -0.995. The average Bonchev–Trinajstić information content (AvgIpc) is 3.32. The molecule has 1 saturated heterocycles. The number of fused-ring (bicyclic) bond motifs is 10. The number of benzene rings is 2. The van der Waals surface area contributed by atoms with Gasteiger partial charge in [0.15, 0.2) is 0 Å². The van der Waals surface area contributed by atoms with Gasteiger partial charge in [-0.2, -0.15) is 0 Å². The van der Waals surface area contributed by atoms with Crippen molar-refractivity contribution in [2.75, 3.05) is 13.6 Å². The highest BCUT2D eigenvalue weighted by molar-refractivity contribution is 5.94. The smallest absolute Gasteiger partial charge is 0.247 e. The Hall–Kier alpha value is -3.65. The summed E-state index contributed by atoms with van der Waals surface area (Å²) in [5.41, 5.74) is 1.80. The van der Waals surface area contributed by atoms with Crippen LogP contribution in [0.25, 0.3) is 6.08 Å². The molecule has 3 amide bonds. The van der Waals surface area contributed by atoms with Gasteiger partial charge < -0.3 is 20.7 Å². The molecule has 2 bridgehead atoms. The van der Waals surface area contributed by atoms with Gasteiger partial charge in [0.25, 0.3) is 0 Å². The Morgan fingerprint density at radius 1 is 1.08 bits per heavy atom. The van der Waals surface area contributed by atoms with Crippen LogP contribution < -0.4 is 20.7 Å². The molecule has 0 unspecified atom stereocenters. The first kappa shape index (κ1) is 26.4. The molecule has 8 heteroatoms. The summed E-state index contributed by atoms with van der Waals surface area (Å²) in [5, 5.41) is 8.68. The fourth-order valence-corrected chi connectivity index (χ4v) is 4.83. The van der Waals surface area contributed by atoms with E-state index in [1.165, 1.54) is 0 Å². The largest absolute Gasteiger partial charge is 0.487 e. The third-order valence-corrected chi connectivity index (χ3v) is 6.96. The fourth-order valence-electron chi connectivity index (χ4n) is 4.83. The topological polar surface area (TPSA) is 99.8 Å². The lowest BCUT2D eigenvalue weighted by molar-refractivity contribution is -0.135. The molecule has 1 fully saturated rings. The predicted octanol–water partition coefficient (Wildman–Crippen LogP) is 2.50. The van der Waals surface area contributed by atoms with Crippen LogP contribution in [-0.2, 0) is 20.8 Å². The van der Waals surface area contributed by atoms with Crippen LogP contribution in [0.3, 0.4) is 0 Å². The highest BCUT2D eigenvalue weighted by Crippen LogP contribution is 2.22. The lowest BCUT2D eigenvalue weighted by Crippen LogP contribution is -2.61. The number of amides is 3. The zero-order valence-electron chi connectivity index (χ0n) is 21.6. The van der Waals surface area contributed by atoms with Crippen LogP contribution in [0.15, 0.2) is 60.8 Å². The summed E-state index contributed by atoms with van der Waals surface area (Å²) < 4.78 is 6.31. The van der Waals surface area contributed by atoms with E-state index in [1.54, 1.807) is 12.3 Å². The Labute approximate surface area is 218 Å². The molecule has 0 aromatic heterocycles. The number of nitrogens with zero attached hydrogens (tertiary/aromatic N) is 1. The molecule has 0 spiro atoms. The number of hydrogen-bond donors (Lipinski definition) is 3. The van der Waals surface area contributed by atoms with Crippen molar-refractivity contribution in [2.24, 2.45) is 5.92 Å². The molecule has 3 aliphatic heterocycles. The van der Waals surface area contributed by atoms with Crippen LogP contribution in [0.5, 0.6) is 5.75 Å². The van der Waals surface area contributed by atoms with E-state index in [4.69, 9.17) is 4.74 Å². The molecule has 5 rings (SSSR count). The maximum atomic E-state index is 13.8. The Morgan fingerprint density at radius 3 is 2.46 bits per heavy atom. The summed E-state index contributed by atoms with van der Waals surface area (Å²) in [5.74, 6) is -0.516. The van der Waals surface area contributed by atoms with E-state index >= 15 is 0 Å². The van der Waals surface area contributed by atoms with Crippen molar-refractivity contribution in [1.82, 2.24) is 20.9 Å². The van der Waals surface area contributed by atoms with Gasteiger partial charge >= 0.3 is 0 Å². The Bertz CT molecular complexity index is 1120. The van der Waals surface area contributed by atoms with Crippen LogP contribution in [0.2, 0.25) is 0 Å². The molecule has 3 N–H and O–H groups in total. The summed E-state index contributed by atoms with van der Waals surface area (Å²) in [4.78, 5) is 42.3. The second-order valence-electron chi connectivity index (χ2n) is 10.1. The van der Waals surface area contributed by atoms with Gasteiger partial charge in [-0.15, -0.1) is 0 Å². The summed E-state index contributed by atoms with van der Waals surface area (Å²) in [6, 6.07) is 14.8. The number of likely N-dealkylation sites (tertiary alicyclic amines) is 1. The average molecular weight is 505 g/mol. The van der Waals surface area contributed by atoms with Crippen LogP contribution in [0.4, 0.5) is 0 Å². The van der Waals surface area contributed by atoms with Gasteiger partial charge in [-0.05, 0) is 61.7 Å². The molecule has 2 aromatic rings. The van der Waals surface area contributed by atoms with E-state index < -0.39 is 24.1 Å². The molecule has 0 aliphatic carbocycles. The summed E-state index contributed by atoms with van der Waals surface area (Å²) in [6.07, 6.45) is 4.67. The SMILES string of the molecule is CC(C)[C@H]1Oc2ccc(cc2)C=CNC(=O)[C@@H](Cc2ccccc2)NC(=O)[C@@H]1NC(=O)[C@H]1CCCN1C. The van der Waals surface area contributed by atoms with Crippen LogP contribution in [0.1, 0.15) is 37.8 Å². The Morgan fingerprint density at radius 2 is 1.81 bits per heavy atom. The van der Waals surface area contributed by atoms with Crippen molar-refractivity contribution >= 4 is 23.8 Å². The maximum absolute atomic E-state index is 13.8. The third kappa shape index (κ3) is 6.77.